The molecule has 0 saturated heterocycles. The van der Waals surface area contributed by atoms with Crippen LogP contribution in [0.25, 0.3) is 16.9 Å². The number of aromatic nitrogens is 3. The molecule has 4 rings (SSSR count). The molecule has 0 unspecified atom stereocenters. The number of rotatable bonds is 5. The van der Waals surface area contributed by atoms with Gasteiger partial charge in [0.05, 0.1) is 11.9 Å². The van der Waals surface area contributed by atoms with Crippen molar-refractivity contribution in [2.24, 2.45) is 5.41 Å². The Morgan fingerprint density at radius 1 is 1.19 bits per heavy atom. The summed E-state index contributed by atoms with van der Waals surface area (Å²) in [5.41, 5.74) is 3.63. The number of anilines is 1. The number of benzene rings is 1. The average molecular weight is 363 g/mol. The number of fused-ring (bicyclic) bond motifs is 1. The molecule has 140 valence electrons. The van der Waals surface area contributed by atoms with E-state index in [-0.39, 0.29) is 11.3 Å². The number of nitrogens with one attached hydrogen (secondary N) is 2. The standard InChI is InChI=1S/C21H25N5O/c1-21(2,3)13-24-18-19-23-12-17(26(19)11-10-22-18)14-4-6-15(7-5-14)20(27)25-16-8-9-16/h4-7,10-12,16H,8-9,13H2,1-3H3,(H,22,24)(H,25,27). The van der Waals surface area contributed by atoms with Crippen LogP contribution < -0.4 is 10.6 Å². The molecule has 0 spiro atoms. The fraction of sp³-hybridized carbons (Fsp3) is 0.381. The Labute approximate surface area is 159 Å². The van der Waals surface area contributed by atoms with Crippen molar-refractivity contribution in [3.63, 3.8) is 0 Å². The zero-order chi connectivity index (χ0) is 19.0. The highest BCUT2D eigenvalue weighted by atomic mass is 16.1. The molecule has 2 aromatic heterocycles. The summed E-state index contributed by atoms with van der Waals surface area (Å²) in [5.74, 6) is 0.777. The first kappa shape index (κ1) is 17.5. The number of imidazole rings is 1. The lowest BCUT2D eigenvalue weighted by Crippen LogP contribution is -2.25. The summed E-state index contributed by atoms with van der Waals surface area (Å²) in [6, 6.07) is 8.03. The Hall–Kier alpha value is -2.89. The van der Waals surface area contributed by atoms with Gasteiger partial charge < -0.3 is 10.6 Å². The molecule has 0 radical (unpaired) electrons. The van der Waals surface area contributed by atoms with E-state index in [9.17, 15) is 4.79 Å². The normalized spacial score (nSPS) is 14.3. The van der Waals surface area contributed by atoms with Crippen molar-refractivity contribution in [2.75, 3.05) is 11.9 Å². The average Bonchev–Trinajstić information content (AvgIpc) is 3.34. The molecule has 27 heavy (non-hydrogen) atoms. The molecule has 0 bridgehead atoms. The van der Waals surface area contributed by atoms with Crippen LogP contribution in [0.15, 0.2) is 42.9 Å². The van der Waals surface area contributed by atoms with Crippen LogP contribution in [0.4, 0.5) is 5.82 Å². The van der Waals surface area contributed by atoms with Crippen molar-refractivity contribution in [2.45, 2.75) is 39.7 Å². The van der Waals surface area contributed by atoms with Crippen LogP contribution in [0.1, 0.15) is 44.0 Å². The van der Waals surface area contributed by atoms with Crippen LogP contribution >= 0.6 is 0 Å². The summed E-state index contributed by atoms with van der Waals surface area (Å²) in [6.45, 7) is 7.35. The van der Waals surface area contributed by atoms with Crippen molar-refractivity contribution >= 4 is 17.4 Å². The molecule has 1 saturated carbocycles. The molecule has 0 atom stereocenters. The van der Waals surface area contributed by atoms with Gasteiger partial charge in [-0.1, -0.05) is 32.9 Å². The first-order chi connectivity index (χ1) is 12.9. The fourth-order valence-corrected chi connectivity index (χ4v) is 2.90. The molecule has 1 aliphatic rings. The van der Waals surface area contributed by atoms with Crippen molar-refractivity contribution in [1.82, 2.24) is 19.7 Å². The van der Waals surface area contributed by atoms with Crippen LogP contribution in [0.5, 0.6) is 0 Å². The zero-order valence-electron chi connectivity index (χ0n) is 16.0. The number of carbonyl (C=O) groups is 1. The summed E-state index contributed by atoms with van der Waals surface area (Å²) >= 11 is 0. The number of amides is 1. The quantitative estimate of drug-likeness (QED) is 0.724. The van der Waals surface area contributed by atoms with Gasteiger partial charge in [0, 0.05) is 36.1 Å². The van der Waals surface area contributed by atoms with Gasteiger partial charge in [-0.3, -0.25) is 9.20 Å². The van der Waals surface area contributed by atoms with Crippen molar-refractivity contribution in [3.05, 3.63) is 48.4 Å². The fourth-order valence-electron chi connectivity index (χ4n) is 2.90. The molecule has 2 N–H and O–H groups in total. The Morgan fingerprint density at radius 3 is 2.59 bits per heavy atom. The van der Waals surface area contributed by atoms with E-state index in [0.29, 0.717) is 11.6 Å². The lowest BCUT2D eigenvalue weighted by atomic mass is 9.97. The second-order valence-corrected chi connectivity index (χ2v) is 8.35. The second-order valence-electron chi connectivity index (χ2n) is 8.35. The maximum absolute atomic E-state index is 12.2. The van der Waals surface area contributed by atoms with Gasteiger partial charge in [-0.2, -0.15) is 0 Å². The monoisotopic (exact) mass is 363 g/mol. The van der Waals surface area contributed by atoms with Crippen LogP contribution in [-0.2, 0) is 0 Å². The molecule has 6 nitrogen and oxygen atoms in total. The van der Waals surface area contributed by atoms with E-state index in [4.69, 9.17) is 0 Å². The van der Waals surface area contributed by atoms with Crippen LogP contribution in [0.2, 0.25) is 0 Å². The van der Waals surface area contributed by atoms with Gasteiger partial charge in [0.15, 0.2) is 11.5 Å². The van der Waals surface area contributed by atoms with E-state index in [1.807, 2.05) is 41.1 Å². The summed E-state index contributed by atoms with van der Waals surface area (Å²) in [6.07, 6.45) is 7.71. The van der Waals surface area contributed by atoms with Gasteiger partial charge in [0.25, 0.3) is 5.91 Å². The third-order valence-electron chi connectivity index (χ3n) is 4.57. The maximum Gasteiger partial charge on any atom is 0.251 e. The molecule has 2 heterocycles. The van der Waals surface area contributed by atoms with Gasteiger partial charge in [-0.05, 0) is 30.4 Å². The molecule has 3 aromatic rings. The number of hydrogen-bond acceptors (Lipinski definition) is 4. The predicted octanol–water partition coefficient (Wildman–Crippen LogP) is 3.75. The second kappa shape index (κ2) is 6.68. The highest BCUT2D eigenvalue weighted by Crippen LogP contribution is 2.25. The van der Waals surface area contributed by atoms with Crippen molar-refractivity contribution in [3.8, 4) is 11.3 Å². The van der Waals surface area contributed by atoms with Crippen LogP contribution in [-0.4, -0.2) is 32.9 Å². The minimum atomic E-state index is 0.0000544. The van der Waals surface area contributed by atoms with Crippen LogP contribution in [0.3, 0.4) is 0 Å². The Balaban J connectivity index is 1.59. The Bertz CT molecular complexity index is 964. The van der Waals surface area contributed by atoms with E-state index in [0.717, 1.165) is 42.1 Å². The largest absolute Gasteiger partial charge is 0.366 e. The lowest BCUT2D eigenvalue weighted by molar-refractivity contribution is 0.0951. The first-order valence-electron chi connectivity index (χ1n) is 9.38. The molecule has 1 aliphatic carbocycles. The van der Waals surface area contributed by atoms with E-state index in [2.05, 4.69) is 41.4 Å². The lowest BCUT2D eigenvalue weighted by Gasteiger charge is -2.19. The molecular weight excluding hydrogens is 338 g/mol. The highest BCUT2D eigenvalue weighted by Gasteiger charge is 2.23. The Morgan fingerprint density at radius 2 is 1.93 bits per heavy atom. The number of hydrogen-bond donors (Lipinski definition) is 2. The molecule has 1 amide bonds. The van der Waals surface area contributed by atoms with Crippen LogP contribution in [0, 0.1) is 5.41 Å². The van der Waals surface area contributed by atoms with Gasteiger partial charge in [0.2, 0.25) is 0 Å². The minimum absolute atomic E-state index is 0.0000544. The SMILES string of the molecule is CC(C)(C)CNc1nccn2c(-c3ccc(C(=O)NC4CC4)cc3)cnc12. The maximum atomic E-state index is 12.2. The summed E-state index contributed by atoms with van der Waals surface area (Å²) < 4.78 is 2.03. The molecule has 6 heteroatoms. The molecular formula is C21H25N5O. The highest BCUT2D eigenvalue weighted by molar-refractivity contribution is 5.95. The van der Waals surface area contributed by atoms with Gasteiger partial charge >= 0.3 is 0 Å². The number of carbonyl (C=O) groups excluding carboxylic acids is 1. The predicted molar refractivity (Wildman–Crippen MR) is 107 cm³/mol. The Kier molecular flexibility index (Phi) is 4.34. The topological polar surface area (TPSA) is 71.3 Å². The third-order valence-corrected chi connectivity index (χ3v) is 4.57. The molecule has 0 aliphatic heterocycles. The van der Waals surface area contributed by atoms with E-state index < -0.39 is 0 Å². The summed E-state index contributed by atoms with van der Waals surface area (Å²) in [5, 5.41) is 6.41. The summed E-state index contributed by atoms with van der Waals surface area (Å²) in [4.78, 5) is 21.2. The third kappa shape index (κ3) is 3.94. The molecule has 1 aromatic carbocycles. The first-order valence-corrected chi connectivity index (χ1v) is 9.38. The zero-order valence-corrected chi connectivity index (χ0v) is 16.0. The molecule has 1 fully saturated rings. The van der Waals surface area contributed by atoms with E-state index >= 15 is 0 Å². The van der Waals surface area contributed by atoms with Gasteiger partial charge in [-0.15, -0.1) is 0 Å². The van der Waals surface area contributed by atoms with Crippen molar-refractivity contribution < 1.29 is 4.79 Å². The minimum Gasteiger partial charge on any atom is -0.366 e. The summed E-state index contributed by atoms with van der Waals surface area (Å²) in [7, 11) is 0. The van der Waals surface area contributed by atoms with E-state index in [1.54, 1.807) is 6.20 Å². The van der Waals surface area contributed by atoms with E-state index in [1.165, 1.54) is 0 Å². The van der Waals surface area contributed by atoms with Gasteiger partial charge in [0.1, 0.15) is 0 Å². The number of nitrogens with zero attached hydrogens (tertiary/aromatic N) is 3. The van der Waals surface area contributed by atoms with Crippen molar-refractivity contribution in [1.29, 1.82) is 0 Å². The van der Waals surface area contributed by atoms with Gasteiger partial charge in [-0.25, -0.2) is 9.97 Å². The smallest absolute Gasteiger partial charge is 0.251 e.